The molecule has 3 N–H and O–H groups in total. The lowest BCUT2D eigenvalue weighted by Crippen LogP contribution is -2.44. The fourth-order valence-electron chi connectivity index (χ4n) is 2.76. The largest absolute Gasteiger partial charge is 0.325 e. The second-order valence-corrected chi connectivity index (χ2v) is 4.57. The van der Waals surface area contributed by atoms with Crippen molar-refractivity contribution in [2.45, 2.75) is 6.42 Å². The van der Waals surface area contributed by atoms with E-state index < -0.39 is 0 Å². The summed E-state index contributed by atoms with van der Waals surface area (Å²) in [5.74, 6) is 0.465. The Bertz CT molecular complexity index is 361. The highest BCUT2D eigenvalue weighted by molar-refractivity contribution is 5.69. The molecule has 0 spiro atoms. The van der Waals surface area contributed by atoms with Gasteiger partial charge in [-0.15, -0.1) is 0 Å². The van der Waals surface area contributed by atoms with Gasteiger partial charge in [-0.25, -0.2) is 5.43 Å². The number of allylic oxidation sites excluding steroid dienone is 1. The van der Waals surface area contributed by atoms with E-state index in [0.717, 1.165) is 32.3 Å². The highest BCUT2D eigenvalue weighted by Crippen LogP contribution is 2.42. The predicted octanol–water partition coefficient (Wildman–Crippen LogP) is -0.287. The summed E-state index contributed by atoms with van der Waals surface area (Å²) in [6, 6.07) is 0. The number of nitrogens with one attached hydrogen (secondary N) is 3. The first-order valence-corrected chi connectivity index (χ1v) is 5.42. The van der Waals surface area contributed by atoms with Crippen LogP contribution in [0.5, 0.6) is 0 Å². The molecular weight excluding hydrogens is 190 g/mol. The minimum absolute atomic E-state index is 0.278. The van der Waals surface area contributed by atoms with Crippen molar-refractivity contribution in [2.24, 2.45) is 11.3 Å². The lowest BCUT2D eigenvalue weighted by atomic mass is 9.68. The third kappa shape index (κ3) is 1.25. The van der Waals surface area contributed by atoms with Crippen LogP contribution in [-0.2, 0) is 4.79 Å². The van der Waals surface area contributed by atoms with E-state index in [1.165, 1.54) is 11.3 Å². The molecule has 1 fully saturated rings. The first-order valence-electron chi connectivity index (χ1n) is 5.42. The van der Waals surface area contributed by atoms with Crippen LogP contribution in [0.15, 0.2) is 23.4 Å². The Hall–Kier alpha value is -1.13. The molecule has 0 bridgehead atoms. The fourth-order valence-corrected chi connectivity index (χ4v) is 2.76. The maximum Gasteiger partial charge on any atom is 0.131 e. The Kier molecular flexibility index (Phi) is 1.94. The van der Waals surface area contributed by atoms with Crippen molar-refractivity contribution < 1.29 is 4.79 Å². The van der Waals surface area contributed by atoms with E-state index in [1.807, 2.05) is 0 Å². The lowest BCUT2D eigenvalue weighted by molar-refractivity contribution is -0.115. The molecule has 2 atom stereocenters. The van der Waals surface area contributed by atoms with Crippen LogP contribution in [0, 0.1) is 11.3 Å². The molecule has 2 aliphatic heterocycles. The second kappa shape index (κ2) is 3.18. The summed E-state index contributed by atoms with van der Waals surface area (Å²) in [5, 5.41) is 3.28. The van der Waals surface area contributed by atoms with Gasteiger partial charge < -0.3 is 15.5 Å². The van der Waals surface area contributed by atoms with Crippen LogP contribution in [0.1, 0.15) is 6.42 Å². The van der Waals surface area contributed by atoms with Crippen molar-refractivity contribution >= 4 is 6.29 Å². The minimum Gasteiger partial charge on any atom is -0.325 e. The molecule has 0 saturated carbocycles. The SMILES string of the molecule is O=CC12CNCC=C1C=C1NNCC1C2. The highest BCUT2D eigenvalue weighted by Gasteiger charge is 2.42. The zero-order valence-electron chi connectivity index (χ0n) is 8.55. The van der Waals surface area contributed by atoms with E-state index in [4.69, 9.17) is 0 Å². The number of fused-ring (bicyclic) bond motifs is 2. The summed E-state index contributed by atoms with van der Waals surface area (Å²) in [6.07, 6.45) is 6.31. The van der Waals surface area contributed by atoms with Gasteiger partial charge in [-0.1, -0.05) is 6.08 Å². The molecule has 4 nitrogen and oxygen atoms in total. The van der Waals surface area contributed by atoms with E-state index >= 15 is 0 Å². The van der Waals surface area contributed by atoms with Gasteiger partial charge in [-0.2, -0.15) is 0 Å². The van der Waals surface area contributed by atoms with E-state index in [-0.39, 0.29) is 5.41 Å². The van der Waals surface area contributed by atoms with Gasteiger partial charge in [0.25, 0.3) is 0 Å². The van der Waals surface area contributed by atoms with Crippen LogP contribution in [0.25, 0.3) is 0 Å². The number of hydrogen-bond donors (Lipinski definition) is 3. The molecule has 0 aromatic rings. The number of rotatable bonds is 1. The smallest absolute Gasteiger partial charge is 0.131 e. The van der Waals surface area contributed by atoms with Crippen LogP contribution < -0.4 is 16.2 Å². The molecule has 2 heterocycles. The maximum absolute atomic E-state index is 11.4. The standard InChI is InChI=1S/C11H15N3O/c15-7-11-4-8-5-13-14-10(8)3-9(11)1-2-12-6-11/h1,3,7-8,12-14H,2,4-6H2. The third-order valence-corrected chi connectivity index (χ3v) is 3.65. The maximum atomic E-state index is 11.4. The van der Waals surface area contributed by atoms with Gasteiger partial charge in [0.1, 0.15) is 6.29 Å². The number of carbonyl (C=O) groups excluding carboxylic acids is 1. The normalized spacial score (nSPS) is 38.3. The van der Waals surface area contributed by atoms with Gasteiger partial charge in [-0.3, -0.25) is 0 Å². The van der Waals surface area contributed by atoms with Gasteiger partial charge in [0.05, 0.1) is 5.41 Å². The molecule has 3 rings (SSSR count). The van der Waals surface area contributed by atoms with Crippen LogP contribution in [0.3, 0.4) is 0 Å². The minimum atomic E-state index is -0.278. The van der Waals surface area contributed by atoms with E-state index in [9.17, 15) is 4.79 Å². The number of carbonyl (C=O) groups is 1. The summed E-state index contributed by atoms with van der Waals surface area (Å²) in [6.45, 7) is 2.57. The fraction of sp³-hybridized carbons (Fsp3) is 0.545. The highest BCUT2D eigenvalue weighted by atomic mass is 16.1. The van der Waals surface area contributed by atoms with Gasteiger partial charge in [-0.05, 0) is 18.1 Å². The third-order valence-electron chi connectivity index (χ3n) is 3.65. The average Bonchev–Trinajstić information content (AvgIpc) is 2.72. The topological polar surface area (TPSA) is 53.2 Å². The summed E-state index contributed by atoms with van der Waals surface area (Å²) in [4.78, 5) is 11.4. The van der Waals surface area contributed by atoms with Crippen LogP contribution >= 0.6 is 0 Å². The van der Waals surface area contributed by atoms with E-state index in [1.54, 1.807) is 0 Å². The monoisotopic (exact) mass is 205 g/mol. The summed E-state index contributed by atoms with van der Waals surface area (Å²) in [5.41, 5.74) is 8.44. The Balaban J connectivity index is 2.04. The summed E-state index contributed by atoms with van der Waals surface area (Å²) >= 11 is 0. The quantitative estimate of drug-likeness (QED) is 0.515. The first kappa shape index (κ1) is 9.12. The molecule has 4 heteroatoms. The zero-order valence-corrected chi connectivity index (χ0v) is 8.55. The molecule has 0 aromatic carbocycles. The van der Waals surface area contributed by atoms with Crippen molar-refractivity contribution in [2.75, 3.05) is 19.6 Å². The van der Waals surface area contributed by atoms with Crippen LogP contribution in [0.4, 0.5) is 0 Å². The molecule has 2 unspecified atom stereocenters. The molecule has 0 aromatic heterocycles. The van der Waals surface area contributed by atoms with Crippen molar-refractivity contribution in [3.8, 4) is 0 Å². The number of aldehydes is 1. The molecule has 0 amide bonds. The van der Waals surface area contributed by atoms with E-state index in [0.29, 0.717) is 5.92 Å². The summed E-state index contributed by atoms with van der Waals surface area (Å²) < 4.78 is 0. The van der Waals surface area contributed by atoms with Crippen molar-refractivity contribution in [3.05, 3.63) is 23.4 Å². The van der Waals surface area contributed by atoms with E-state index in [2.05, 4.69) is 28.3 Å². The van der Waals surface area contributed by atoms with Gasteiger partial charge in [0.15, 0.2) is 0 Å². The molecule has 3 aliphatic rings. The lowest BCUT2D eigenvalue weighted by Gasteiger charge is -2.38. The van der Waals surface area contributed by atoms with Gasteiger partial charge in [0.2, 0.25) is 0 Å². The summed E-state index contributed by atoms with van der Waals surface area (Å²) in [7, 11) is 0. The Labute approximate surface area is 88.8 Å². The molecule has 80 valence electrons. The van der Waals surface area contributed by atoms with Gasteiger partial charge in [0, 0.05) is 31.2 Å². The second-order valence-electron chi connectivity index (χ2n) is 4.57. The Morgan fingerprint density at radius 1 is 1.53 bits per heavy atom. The van der Waals surface area contributed by atoms with Gasteiger partial charge >= 0.3 is 0 Å². The van der Waals surface area contributed by atoms with Crippen molar-refractivity contribution in [1.82, 2.24) is 16.2 Å². The molecule has 1 aliphatic carbocycles. The zero-order chi connectivity index (χ0) is 10.3. The number of hydrazine groups is 1. The Morgan fingerprint density at radius 2 is 2.47 bits per heavy atom. The van der Waals surface area contributed by atoms with Crippen molar-refractivity contribution in [1.29, 1.82) is 0 Å². The van der Waals surface area contributed by atoms with Crippen LogP contribution in [0.2, 0.25) is 0 Å². The molecular formula is C11H15N3O. The molecule has 15 heavy (non-hydrogen) atoms. The predicted molar refractivity (Wildman–Crippen MR) is 56.8 cm³/mol. The van der Waals surface area contributed by atoms with Crippen LogP contribution in [-0.4, -0.2) is 25.9 Å². The number of hydrogen-bond acceptors (Lipinski definition) is 4. The first-order chi connectivity index (χ1) is 7.34. The molecule has 1 saturated heterocycles. The average molecular weight is 205 g/mol. The van der Waals surface area contributed by atoms with Crippen molar-refractivity contribution in [3.63, 3.8) is 0 Å². The Morgan fingerprint density at radius 3 is 3.33 bits per heavy atom. The molecule has 0 radical (unpaired) electrons.